The fourth-order valence-electron chi connectivity index (χ4n) is 2.76. The van der Waals surface area contributed by atoms with Gasteiger partial charge in [0.1, 0.15) is 11.8 Å². The van der Waals surface area contributed by atoms with Crippen LogP contribution in [0.4, 0.5) is 0 Å². The van der Waals surface area contributed by atoms with Gasteiger partial charge in [0.25, 0.3) is 5.91 Å². The minimum atomic E-state index is -0.573. The molecule has 0 saturated carbocycles. The van der Waals surface area contributed by atoms with Crippen LogP contribution in [0, 0.1) is 0 Å². The first-order valence-corrected chi connectivity index (χ1v) is 10.3. The smallest absolute Gasteiger partial charge is 0.261 e. The molecule has 0 aliphatic rings. The molecule has 2 aromatic rings. The summed E-state index contributed by atoms with van der Waals surface area (Å²) in [5, 5.41) is 3.43. The van der Waals surface area contributed by atoms with Crippen molar-refractivity contribution in [2.75, 3.05) is 13.2 Å². The molecule has 0 aliphatic heterocycles. The van der Waals surface area contributed by atoms with Crippen LogP contribution >= 0.6 is 27.5 Å². The van der Waals surface area contributed by atoms with Gasteiger partial charge >= 0.3 is 0 Å². The molecule has 1 atom stereocenters. The number of hydrogen-bond acceptors (Lipinski definition) is 3. The van der Waals surface area contributed by atoms with E-state index in [9.17, 15) is 9.59 Å². The molecular weight excluding hydrogens is 444 g/mol. The Bertz CT molecular complexity index is 781. The van der Waals surface area contributed by atoms with Gasteiger partial charge in [0.05, 0.1) is 0 Å². The lowest BCUT2D eigenvalue weighted by Crippen LogP contribution is -2.50. The van der Waals surface area contributed by atoms with Crippen molar-refractivity contribution in [3.05, 3.63) is 63.6 Å². The maximum Gasteiger partial charge on any atom is 0.261 e. The number of hydrogen-bond donors (Lipinski definition) is 1. The van der Waals surface area contributed by atoms with Crippen LogP contribution in [0.3, 0.4) is 0 Å². The van der Waals surface area contributed by atoms with E-state index in [0.29, 0.717) is 30.3 Å². The Morgan fingerprint density at radius 1 is 1.11 bits per heavy atom. The number of nitrogens with zero attached hydrogens (tertiary/aromatic N) is 1. The number of ether oxygens (including phenoxy) is 1. The zero-order valence-electron chi connectivity index (χ0n) is 16.0. The second-order valence-corrected chi connectivity index (χ2v) is 7.56. The lowest BCUT2D eigenvalue weighted by Gasteiger charge is -2.30. The molecular formula is C21H24BrClN2O3. The minimum absolute atomic E-state index is 0.148. The van der Waals surface area contributed by atoms with Crippen LogP contribution in [-0.4, -0.2) is 35.9 Å². The summed E-state index contributed by atoms with van der Waals surface area (Å²) in [5.74, 6) is 0.168. The highest BCUT2D eigenvalue weighted by Gasteiger charge is 2.28. The fraction of sp³-hybridized carbons (Fsp3) is 0.333. The van der Waals surface area contributed by atoms with Crippen LogP contribution in [0.15, 0.2) is 53.0 Å². The Kier molecular flexibility index (Phi) is 8.80. The molecule has 2 aromatic carbocycles. The number of amides is 2. The molecule has 0 saturated heterocycles. The van der Waals surface area contributed by atoms with Crippen molar-refractivity contribution in [1.82, 2.24) is 10.2 Å². The van der Waals surface area contributed by atoms with Crippen molar-refractivity contribution in [3.63, 3.8) is 0 Å². The Morgan fingerprint density at radius 3 is 2.32 bits per heavy atom. The SMILES string of the molecule is CCNC(=O)C(CC)N(Cc1ccc(Cl)cc1)C(=O)COc1ccc(Br)cc1. The van der Waals surface area contributed by atoms with E-state index in [1.54, 1.807) is 29.2 Å². The fourth-order valence-corrected chi connectivity index (χ4v) is 3.15. The summed E-state index contributed by atoms with van der Waals surface area (Å²) in [6, 6.07) is 13.9. The van der Waals surface area contributed by atoms with E-state index < -0.39 is 6.04 Å². The Hall–Kier alpha value is -2.05. The van der Waals surface area contributed by atoms with E-state index in [0.717, 1.165) is 10.0 Å². The van der Waals surface area contributed by atoms with Crippen LogP contribution in [0.2, 0.25) is 5.02 Å². The molecule has 0 fully saturated rings. The van der Waals surface area contributed by atoms with E-state index in [1.165, 1.54) is 0 Å². The van der Waals surface area contributed by atoms with Gasteiger partial charge in [-0.05, 0) is 55.3 Å². The van der Waals surface area contributed by atoms with Crippen molar-refractivity contribution < 1.29 is 14.3 Å². The number of nitrogens with one attached hydrogen (secondary N) is 1. The summed E-state index contributed by atoms with van der Waals surface area (Å²) in [4.78, 5) is 27.0. The second kappa shape index (κ2) is 11.1. The van der Waals surface area contributed by atoms with Gasteiger partial charge in [-0.1, -0.05) is 46.6 Å². The maximum atomic E-state index is 12.9. The van der Waals surface area contributed by atoms with Crippen LogP contribution in [0.5, 0.6) is 5.75 Å². The van der Waals surface area contributed by atoms with Crippen molar-refractivity contribution in [2.45, 2.75) is 32.9 Å². The molecule has 28 heavy (non-hydrogen) atoms. The minimum Gasteiger partial charge on any atom is -0.484 e. The normalized spacial score (nSPS) is 11.6. The van der Waals surface area contributed by atoms with Crippen molar-refractivity contribution in [1.29, 1.82) is 0 Å². The van der Waals surface area contributed by atoms with Crippen LogP contribution in [0.25, 0.3) is 0 Å². The Labute approximate surface area is 179 Å². The highest BCUT2D eigenvalue weighted by Crippen LogP contribution is 2.18. The zero-order chi connectivity index (χ0) is 20.5. The lowest BCUT2D eigenvalue weighted by molar-refractivity contribution is -0.142. The summed E-state index contributed by atoms with van der Waals surface area (Å²) in [6.45, 7) is 4.40. The molecule has 0 bridgehead atoms. The van der Waals surface area contributed by atoms with Crippen molar-refractivity contribution >= 4 is 39.3 Å². The molecule has 2 amide bonds. The summed E-state index contributed by atoms with van der Waals surface area (Å²) >= 11 is 9.32. The lowest BCUT2D eigenvalue weighted by atomic mass is 10.1. The number of likely N-dealkylation sites (N-methyl/N-ethyl adjacent to an activating group) is 1. The van der Waals surface area contributed by atoms with Gasteiger partial charge in [-0.15, -0.1) is 0 Å². The average molecular weight is 468 g/mol. The number of carbonyl (C=O) groups is 2. The molecule has 1 unspecified atom stereocenters. The molecule has 0 spiro atoms. The number of carbonyl (C=O) groups excluding carboxylic acids is 2. The largest absolute Gasteiger partial charge is 0.484 e. The van der Waals surface area contributed by atoms with E-state index in [2.05, 4.69) is 21.2 Å². The average Bonchev–Trinajstić information content (AvgIpc) is 2.69. The van der Waals surface area contributed by atoms with Crippen LogP contribution < -0.4 is 10.1 Å². The molecule has 0 heterocycles. The standard InChI is InChI=1S/C21H24BrClN2O3/c1-3-19(21(27)24-4-2)25(13-15-5-9-17(23)10-6-15)20(26)14-28-18-11-7-16(22)8-12-18/h5-12,19H,3-4,13-14H2,1-2H3,(H,24,27). The molecule has 2 rings (SSSR count). The Morgan fingerprint density at radius 2 is 1.75 bits per heavy atom. The molecule has 0 aromatic heterocycles. The predicted octanol–water partition coefficient (Wildman–Crippen LogP) is 4.42. The molecule has 7 heteroatoms. The van der Waals surface area contributed by atoms with Gasteiger partial charge in [-0.2, -0.15) is 0 Å². The second-order valence-electron chi connectivity index (χ2n) is 6.21. The predicted molar refractivity (Wildman–Crippen MR) is 114 cm³/mol. The number of rotatable bonds is 9. The highest BCUT2D eigenvalue weighted by molar-refractivity contribution is 9.10. The van der Waals surface area contributed by atoms with Gasteiger partial charge in [0.2, 0.25) is 5.91 Å². The highest BCUT2D eigenvalue weighted by atomic mass is 79.9. The maximum absolute atomic E-state index is 12.9. The monoisotopic (exact) mass is 466 g/mol. The third kappa shape index (κ3) is 6.53. The summed E-state index contributed by atoms with van der Waals surface area (Å²) in [5.41, 5.74) is 0.893. The number of halogens is 2. The molecule has 0 radical (unpaired) electrons. The topological polar surface area (TPSA) is 58.6 Å². The zero-order valence-corrected chi connectivity index (χ0v) is 18.3. The van der Waals surface area contributed by atoms with E-state index in [1.807, 2.05) is 38.1 Å². The van der Waals surface area contributed by atoms with Gasteiger partial charge < -0.3 is 15.0 Å². The van der Waals surface area contributed by atoms with E-state index in [-0.39, 0.29) is 18.4 Å². The van der Waals surface area contributed by atoms with Gasteiger partial charge in [0, 0.05) is 22.6 Å². The molecule has 1 N–H and O–H groups in total. The quantitative estimate of drug-likeness (QED) is 0.594. The van der Waals surface area contributed by atoms with Crippen LogP contribution in [-0.2, 0) is 16.1 Å². The Balaban J connectivity index is 2.16. The summed E-state index contributed by atoms with van der Waals surface area (Å²) in [7, 11) is 0. The first kappa shape index (κ1) is 22.2. The summed E-state index contributed by atoms with van der Waals surface area (Å²) < 4.78 is 6.56. The number of benzene rings is 2. The first-order valence-electron chi connectivity index (χ1n) is 9.14. The molecule has 0 aliphatic carbocycles. The van der Waals surface area contributed by atoms with Crippen molar-refractivity contribution in [3.8, 4) is 5.75 Å². The van der Waals surface area contributed by atoms with Gasteiger partial charge in [-0.3, -0.25) is 9.59 Å². The molecule has 5 nitrogen and oxygen atoms in total. The summed E-state index contributed by atoms with van der Waals surface area (Å²) in [6.07, 6.45) is 0.503. The third-order valence-corrected chi connectivity index (χ3v) is 4.96. The van der Waals surface area contributed by atoms with E-state index >= 15 is 0 Å². The van der Waals surface area contributed by atoms with Crippen LogP contribution in [0.1, 0.15) is 25.8 Å². The van der Waals surface area contributed by atoms with Gasteiger partial charge in [0.15, 0.2) is 6.61 Å². The van der Waals surface area contributed by atoms with E-state index in [4.69, 9.17) is 16.3 Å². The first-order chi connectivity index (χ1) is 13.4. The molecule has 150 valence electrons. The van der Waals surface area contributed by atoms with Gasteiger partial charge in [-0.25, -0.2) is 0 Å². The third-order valence-electron chi connectivity index (χ3n) is 4.18. The van der Waals surface area contributed by atoms with Crippen molar-refractivity contribution in [2.24, 2.45) is 0 Å².